The van der Waals surface area contributed by atoms with E-state index in [9.17, 15) is 19.2 Å². The fourth-order valence-corrected chi connectivity index (χ4v) is 2.36. The van der Waals surface area contributed by atoms with Gasteiger partial charge in [-0.1, -0.05) is 36.4 Å². The van der Waals surface area contributed by atoms with Crippen molar-refractivity contribution in [2.75, 3.05) is 4.90 Å². The Hall–Kier alpha value is -3.26. The predicted octanol–water partition coefficient (Wildman–Crippen LogP) is 2.68. The van der Waals surface area contributed by atoms with Gasteiger partial charge in [-0.3, -0.25) is 14.5 Å². The molecule has 0 spiro atoms. The molecule has 0 N–H and O–H groups in total. The largest absolute Gasteiger partial charge is 0.304 e. The van der Waals surface area contributed by atoms with Crippen LogP contribution in [0.2, 0.25) is 0 Å². The highest BCUT2D eigenvalue weighted by atomic mass is 19.1. The van der Waals surface area contributed by atoms with Crippen molar-refractivity contribution in [1.82, 2.24) is 0 Å². The van der Waals surface area contributed by atoms with Gasteiger partial charge in [-0.25, -0.2) is 4.39 Å². The van der Waals surface area contributed by atoms with Gasteiger partial charge in [0.2, 0.25) is 0 Å². The molecule has 106 valence electrons. The number of nitriles is 1. The zero-order chi connectivity index (χ0) is 15.7. The van der Waals surface area contributed by atoms with Gasteiger partial charge < -0.3 is 0 Å². The van der Waals surface area contributed by atoms with Crippen molar-refractivity contribution in [2.24, 2.45) is 0 Å². The molecular formula is C17H9FN2O2. The summed E-state index contributed by atoms with van der Waals surface area (Å²) in [4.78, 5) is 25.3. The van der Waals surface area contributed by atoms with E-state index < -0.39 is 17.5 Å². The number of hydrogen-bond acceptors (Lipinski definition) is 3. The van der Waals surface area contributed by atoms with Crippen molar-refractivity contribution in [3.8, 4) is 6.07 Å². The Balaban J connectivity index is 2.24. The van der Waals surface area contributed by atoms with Crippen LogP contribution in [0.15, 0.2) is 60.2 Å². The Labute approximate surface area is 125 Å². The minimum absolute atomic E-state index is 0.184. The van der Waals surface area contributed by atoms with E-state index >= 15 is 0 Å². The molecule has 0 unspecified atom stereocenters. The molecule has 0 saturated carbocycles. The number of nitrogens with zero attached hydrogens (tertiary/aromatic N) is 2. The maximum atomic E-state index is 13.4. The zero-order valence-electron chi connectivity index (χ0n) is 11.3. The Morgan fingerprint density at radius 1 is 1.00 bits per heavy atom. The summed E-state index contributed by atoms with van der Waals surface area (Å²) in [6.45, 7) is 0. The summed E-state index contributed by atoms with van der Waals surface area (Å²) in [6, 6.07) is 15.7. The SMILES string of the molecule is N#CC1=C(c2ccccc2)N(c2cccc(F)c2)C(=O)C1=O. The van der Waals surface area contributed by atoms with Gasteiger partial charge in [0.05, 0.1) is 11.4 Å². The summed E-state index contributed by atoms with van der Waals surface area (Å²) in [5.74, 6) is -2.28. The third-order valence-electron chi connectivity index (χ3n) is 3.31. The lowest BCUT2D eigenvalue weighted by Crippen LogP contribution is -2.28. The van der Waals surface area contributed by atoms with Crippen LogP contribution in [0.25, 0.3) is 5.70 Å². The molecule has 0 bridgehead atoms. The summed E-state index contributed by atoms with van der Waals surface area (Å²) in [5.41, 5.74) is 0.703. The summed E-state index contributed by atoms with van der Waals surface area (Å²) in [7, 11) is 0. The van der Waals surface area contributed by atoms with Gasteiger partial charge in [-0.15, -0.1) is 0 Å². The molecule has 0 aliphatic carbocycles. The smallest absolute Gasteiger partial charge is 0.282 e. The number of halogens is 1. The number of anilines is 1. The Bertz CT molecular complexity index is 850. The van der Waals surface area contributed by atoms with Crippen LogP contribution in [0.4, 0.5) is 10.1 Å². The van der Waals surface area contributed by atoms with E-state index in [2.05, 4.69) is 0 Å². The molecule has 0 saturated heterocycles. The van der Waals surface area contributed by atoms with E-state index in [4.69, 9.17) is 0 Å². The van der Waals surface area contributed by atoms with Gasteiger partial charge in [-0.05, 0) is 18.2 Å². The van der Waals surface area contributed by atoms with Crippen molar-refractivity contribution in [2.45, 2.75) is 0 Å². The molecule has 22 heavy (non-hydrogen) atoms. The monoisotopic (exact) mass is 292 g/mol. The average Bonchev–Trinajstić information content (AvgIpc) is 2.79. The highest BCUT2D eigenvalue weighted by molar-refractivity contribution is 6.55. The molecule has 3 rings (SSSR count). The summed E-state index contributed by atoms with van der Waals surface area (Å²) >= 11 is 0. The van der Waals surface area contributed by atoms with Crippen molar-refractivity contribution in [3.05, 3.63) is 71.6 Å². The van der Waals surface area contributed by atoms with Crippen molar-refractivity contribution in [1.29, 1.82) is 5.26 Å². The molecule has 2 aromatic rings. The molecule has 0 aromatic heterocycles. The minimum atomic E-state index is -0.884. The normalized spacial score (nSPS) is 14.5. The van der Waals surface area contributed by atoms with E-state index in [0.29, 0.717) is 5.56 Å². The van der Waals surface area contributed by atoms with Gasteiger partial charge in [0.25, 0.3) is 5.78 Å². The number of benzene rings is 2. The van der Waals surface area contributed by atoms with Crippen LogP contribution in [-0.4, -0.2) is 11.7 Å². The standard InChI is InChI=1S/C17H9FN2O2/c18-12-7-4-8-13(9-12)20-15(11-5-2-1-3-6-11)14(10-19)16(21)17(20)22/h1-9H. The summed E-state index contributed by atoms with van der Waals surface area (Å²) in [5, 5.41) is 9.22. The first kappa shape index (κ1) is 13.7. The molecule has 1 amide bonds. The topological polar surface area (TPSA) is 61.2 Å². The van der Waals surface area contributed by atoms with Gasteiger partial charge in [0.1, 0.15) is 17.5 Å². The number of rotatable bonds is 2. The molecular weight excluding hydrogens is 283 g/mol. The van der Waals surface area contributed by atoms with Crippen LogP contribution in [-0.2, 0) is 9.59 Å². The van der Waals surface area contributed by atoms with Crippen LogP contribution in [0.3, 0.4) is 0 Å². The fraction of sp³-hybridized carbons (Fsp3) is 0. The molecule has 1 aliphatic rings. The highest BCUT2D eigenvalue weighted by Gasteiger charge is 2.40. The Morgan fingerprint density at radius 2 is 1.73 bits per heavy atom. The van der Waals surface area contributed by atoms with Crippen molar-refractivity contribution >= 4 is 23.1 Å². The first-order valence-corrected chi connectivity index (χ1v) is 6.47. The van der Waals surface area contributed by atoms with E-state index in [1.165, 1.54) is 18.2 Å². The molecule has 4 nitrogen and oxygen atoms in total. The third kappa shape index (κ3) is 2.07. The van der Waals surface area contributed by atoms with Gasteiger partial charge >= 0.3 is 5.91 Å². The predicted molar refractivity (Wildman–Crippen MR) is 77.9 cm³/mol. The molecule has 5 heteroatoms. The second-order valence-electron chi connectivity index (χ2n) is 4.65. The molecule has 0 radical (unpaired) electrons. The number of ketones is 1. The first-order valence-electron chi connectivity index (χ1n) is 6.47. The van der Waals surface area contributed by atoms with E-state index in [0.717, 1.165) is 11.0 Å². The number of carbonyl (C=O) groups is 2. The number of carbonyl (C=O) groups excluding carboxylic acids is 2. The quantitative estimate of drug-likeness (QED) is 0.799. The lowest BCUT2D eigenvalue weighted by molar-refractivity contribution is -0.132. The summed E-state index contributed by atoms with van der Waals surface area (Å²) in [6.07, 6.45) is 0. The number of Topliss-reactive ketones (excluding diaryl/α,β-unsaturated/α-hetero) is 1. The Morgan fingerprint density at radius 3 is 2.36 bits per heavy atom. The van der Waals surface area contributed by atoms with Crippen molar-refractivity contribution < 1.29 is 14.0 Å². The number of hydrogen-bond donors (Lipinski definition) is 0. The van der Waals surface area contributed by atoms with Crippen LogP contribution in [0.5, 0.6) is 0 Å². The third-order valence-corrected chi connectivity index (χ3v) is 3.31. The first-order chi connectivity index (χ1) is 10.6. The fourth-order valence-electron chi connectivity index (χ4n) is 2.36. The van der Waals surface area contributed by atoms with E-state index in [1.807, 2.05) is 0 Å². The molecule has 2 aromatic carbocycles. The maximum Gasteiger partial charge on any atom is 0.304 e. The molecule has 0 fully saturated rings. The highest BCUT2D eigenvalue weighted by Crippen LogP contribution is 2.34. The lowest BCUT2D eigenvalue weighted by atomic mass is 10.1. The second kappa shape index (κ2) is 5.26. The van der Waals surface area contributed by atoms with E-state index in [1.54, 1.807) is 36.4 Å². The lowest BCUT2D eigenvalue weighted by Gasteiger charge is -2.19. The van der Waals surface area contributed by atoms with Crippen molar-refractivity contribution in [3.63, 3.8) is 0 Å². The molecule has 1 aliphatic heterocycles. The van der Waals surface area contributed by atoms with Crippen LogP contribution in [0, 0.1) is 17.1 Å². The van der Waals surface area contributed by atoms with Crippen LogP contribution in [0.1, 0.15) is 5.56 Å². The van der Waals surface area contributed by atoms with Crippen LogP contribution >= 0.6 is 0 Å². The molecule has 1 heterocycles. The number of amides is 1. The maximum absolute atomic E-state index is 13.4. The zero-order valence-corrected chi connectivity index (χ0v) is 11.3. The van der Waals surface area contributed by atoms with Gasteiger partial charge in [-0.2, -0.15) is 5.26 Å². The second-order valence-corrected chi connectivity index (χ2v) is 4.65. The summed E-state index contributed by atoms with van der Waals surface area (Å²) < 4.78 is 13.4. The average molecular weight is 292 g/mol. The van der Waals surface area contributed by atoms with E-state index in [-0.39, 0.29) is 17.0 Å². The minimum Gasteiger partial charge on any atom is -0.282 e. The Kier molecular flexibility index (Phi) is 3.28. The molecule has 0 atom stereocenters. The van der Waals surface area contributed by atoms with Gasteiger partial charge in [0, 0.05) is 5.56 Å². The van der Waals surface area contributed by atoms with Crippen LogP contribution < -0.4 is 4.90 Å². The van der Waals surface area contributed by atoms with Gasteiger partial charge in [0.15, 0.2) is 0 Å².